The first-order valence-electron chi connectivity index (χ1n) is 6.40. The Balaban J connectivity index is 2.31. The van der Waals surface area contributed by atoms with Crippen molar-refractivity contribution in [2.75, 3.05) is 14.2 Å². The Labute approximate surface area is 113 Å². The average Bonchev–Trinajstić information content (AvgIpc) is 2.49. The van der Waals surface area contributed by atoms with E-state index in [0.717, 1.165) is 12.1 Å². The Morgan fingerprint density at radius 2 is 1.95 bits per heavy atom. The van der Waals surface area contributed by atoms with Crippen LogP contribution in [0.4, 0.5) is 0 Å². The number of hydrogen-bond donors (Lipinski definition) is 1. The molecule has 0 bridgehead atoms. The maximum atomic E-state index is 5.14. The normalized spacial score (nSPS) is 12.2. The van der Waals surface area contributed by atoms with E-state index in [4.69, 9.17) is 4.74 Å². The summed E-state index contributed by atoms with van der Waals surface area (Å²) in [5, 5.41) is 3.28. The minimum Gasteiger partial charge on any atom is -0.481 e. The van der Waals surface area contributed by atoms with Gasteiger partial charge < -0.3 is 10.1 Å². The molecule has 0 aliphatic rings. The molecule has 0 aliphatic carbocycles. The summed E-state index contributed by atoms with van der Waals surface area (Å²) in [6.45, 7) is 2.15. The van der Waals surface area contributed by atoms with Gasteiger partial charge in [-0.2, -0.15) is 0 Å². The first-order chi connectivity index (χ1) is 9.28. The zero-order chi connectivity index (χ0) is 13.7. The molecule has 0 spiro atoms. The van der Waals surface area contributed by atoms with E-state index in [0.29, 0.717) is 5.88 Å². The summed E-state index contributed by atoms with van der Waals surface area (Å²) in [6, 6.07) is 10.5. The van der Waals surface area contributed by atoms with Gasteiger partial charge in [0.05, 0.1) is 18.8 Å². The summed E-state index contributed by atoms with van der Waals surface area (Å²) < 4.78 is 5.14. The molecule has 19 heavy (non-hydrogen) atoms. The summed E-state index contributed by atoms with van der Waals surface area (Å²) in [5.74, 6) is 0.579. The highest BCUT2D eigenvalue weighted by Crippen LogP contribution is 2.22. The molecule has 0 amide bonds. The van der Waals surface area contributed by atoms with Gasteiger partial charge in [0.1, 0.15) is 6.33 Å². The molecule has 4 nitrogen and oxygen atoms in total. The molecule has 100 valence electrons. The molecule has 1 N–H and O–H groups in total. The third-order valence-electron chi connectivity index (χ3n) is 3.18. The van der Waals surface area contributed by atoms with E-state index in [1.807, 2.05) is 13.1 Å². The van der Waals surface area contributed by atoms with Crippen LogP contribution >= 0.6 is 0 Å². The lowest BCUT2D eigenvalue weighted by Gasteiger charge is -2.16. The van der Waals surface area contributed by atoms with E-state index in [1.54, 1.807) is 7.11 Å². The second-order valence-electron chi connectivity index (χ2n) is 4.30. The third-order valence-corrected chi connectivity index (χ3v) is 3.18. The Morgan fingerprint density at radius 1 is 1.21 bits per heavy atom. The summed E-state index contributed by atoms with van der Waals surface area (Å²) >= 11 is 0. The van der Waals surface area contributed by atoms with Crippen LogP contribution in [0.5, 0.6) is 5.88 Å². The minimum absolute atomic E-state index is 0.0443. The summed E-state index contributed by atoms with van der Waals surface area (Å²) in [5.41, 5.74) is 3.41. The molecular formula is C15H19N3O. The SMILES string of the molecule is CCc1ccc(C(NC)c2cc(OC)ncn2)cc1. The van der Waals surface area contributed by atoms with E-state index in [9.17, 15) is 0 Å². The molecule has 0 fully saturated rings. The van der Waals surface area contributed by atoms with Crippen LogP contribution in [0.2, 0.25) is 0 Å². The number of benzene rings is 1. The molecule has 0 saturated carbocycles. The molecule has 2 aromatic rings. The van der Waals surface area contributed by atoms with Crippen molar-refractivity contribution in [1.82, 2.24) is 15.3 Å². The summed E-state index contributed by atoms with van der Waals surface area (Å²) in [7, 11) is 3.53. The Hall–Kier alpha value is -1.94. The van der Waals surface area contributed by atoms with Gasteiger partial charge in [-0.25, -0.2) is 9.97 Å². The number of ether oxygens (including phenoxy) is 1. The van der Waals surface area contributed by atoms with Crippen molar-refractivity contribution in [2.24, 2.45) is 0 Å². The highest BCUT2D eigenvalue weighted by Gasteiger charge is 2.14. The van der Waals surface area contributed by atoms with Crippen molar-refractivity contribution < 1.29 is 4.74 Å². The lowest BCUT2D eigenvalue weighted by Crippen LogP contribution is -2.19. The lowest BCUT2D eigenvalue weighted by molar-refractivity contribution is 0.395. The fourth-order valence-electron chi connectivity index (χ4n) is 2.05. The molecular weight excluding hydrogens is 238 g/mol. The van der Waals surface area contributed by atoms with Crippen molar-refractivity contribution in [3.63, 3.8) is 0 Å². The smallest absolute Gasteiger partial charge is 0.216 e. The van der Waals surface area contributed by atoms with Gasteiger partial charge in [-0.05, 0) is 24.6 Å². The van der Waals surface area contributed by atoms with Crippen LogP contribution in [-0.4, -0.2) is 24.1 Å². The van der Waals surface area contributed by atoms with Crippen LogP contribution in [-0.2, 0) is 6.42 Å². The molecule has 1 aromatic heterocycles. The van der Waals surface area contributed by atoms with Gasteiger partial charge in [-0.1, -0.05) is 31.2 Å². The highest BCUT2D eigenvalue weighted by molar-refractivity contribution is 5.31. The number of aromatic nitrogens is 2. The Morgan fingerprint density at radius 3 is 2.53 bits per heavy atom. The summed E-state index contributed by atoms with van der Waals surface area (Å²) in [4.78, 5) is 8.36. The van der Waals surface area contributed by atoms with E-state index in [1.165, 1.54) is 17.5 Å². The lowest BCUT2D eigenvalue weighted by atomic mass is 10.0. The Kier molecular flexibility index (Phi) is 4.47. The van der Waals surface area contributed by atoms with Gasteiger partial charge in [-0.3, -0.25) is 0 Å². The molecule has 1 aromatic carbocycles. The van der Waals surface area contributed by atoms with Crippen molar-refractivity contribution in [2.45, 2.75) is 19.4 Å². The van der Waals surface area contributed by atoms with Crippen molar-refractivity contribution in [3.8, 4) is 5.88 Å². The number of aryl methyl sites for hydroxylation is 1. The summed E-state index contributed by atoms with van der Waals surface area (Å²) in [6.07, 6.45) is 2.57. The Bertz CT molecular complexity index is 525. The van der Waals surface area contributed by atoms with Gasteiger partial charge >= 0.3 is 0 Å². The molecule has 0 aliphatic heterocycles. The number of nitrogens with one attached hydrogen (secondary N) is 1. The first-order valence-corrected chi connectivity index (χ1v) is 6.40. The quantitative estimate of drug-likeness (QED) is 0.893. The largest absolute Gasteiger partial charge is 0.481 e. The van der Waals surface area contributed by atoms with Crippen molar-refractivity contribution in [3.05, 3.63) is 53.5 Å². The number of rotatable bonds is 5. The number of hydrogen-bond acceptors (Lipinski definition) is 4. The second-order valence-corrected chi connectivity index (χ2v) is 4.30. The van der Waals surface area contributed by atoms with E-state index in [-0.39, 0.29) is 6.04 Å². The number of methoxy groups -OCH3 is 1. The first kappa shape index (κ1) is 13.5. The van der Waals surface area contributed by atoms with Crippen LogP contribution in [0, 0.1) is 0 Å². The molecule has 1 heterocycles. The third kappa shape index (κ3) is 3.09. The molecule has 1 atom stereocenters. The van der Waals surface area contributed by atoms with Crippen LogP contribution in [0.3, 0.4) is 0 Å². The van der Waals surface area contributed by atoms with Crippen LogP contribution in [0.15, 0.2) is 36.7 Å². The maximum Gasteiger partial charge on any atom is 0.216 e. The number of nitrogens with zero attached hydrogens (tertiary/aromatic N) is 2. The standard InChI is InChI=1S/C15H19N3O/c1-4-11-5-7-12(8-6-11)15(16-2)13-9-14(19-3)18-10-17-13/h5-10,15-16H,4H2,1-3H3. The van der Waals surface area contributed by atoms with E-state index < -0.39 is 0 Å². The topological polar surface area (TPSA) is 47.0 Å². The fraction of sp³-hybridized carbons (Fsp3) is 0.333. The molecule has 1 unspecified atom stereocenters. The zero-order valence-electron chi connectivity index (χ0n) is 11.6. The van der Waals surface area contributed by atoms with Gasteiger partial charge in [0, 0.05) is 6.07 Å². The molecule has 4 heteroatoms. The van der Waals surface area contributed by atoms with Crippen molar-refractivity contribution >= 4 is 0 Å². The second kappa shape index (κ2) is 6.29. The average molecular weight is 257 g/mol. The zero-order valence-corrected chi connectivity index (χ0v) is 11.6. The van der Waals surface area contributed by atoms with Gasteiger partial charge in [0.2, 0.25) is 5.88 Å². The predicted molar refractivity (Wildman–Crippen MR) is 75.3 cm³/mol. The van der Waals surface area contributed by atoms with Gasteiger partial charge in [-0.15, -0.1) is 0 Å². The van der Waals surface area contributed by atoms with E-state index in [2.05, 4.69) is 46.5 Å². The molecule has 2 rings (SSSR count). The molecule has 0 radical (unpaired) electrons. The van der Waals surface area contributed by atoms with Gasteiger partial charge in [0.15, 0.2) is 0 Å². The predicted octanol–water partition coefficient (Wildman–Crippen LogP) is 2.36. The fourth-order valence-corrected chi connectivity index (χ4v) is 2.05. The minimum atomic E-state index is 0.0443. The molecule has 0 saturated heterocycles. The van der Waals surface area contributed by atoms with E-state index >= 15 is 0 Å². The monoisotopic (exact) mass is 257 g/mol. The van der Waals surface area contributed by atoms with Crippen molar-refractivity contribution in [1.29, 1.82) is 0 Å². The maximum absolute atomic E-state index is 5.14. The highest BCUT2D eigenvalue weighted by atomic mass is 16.5. The van der Waals surface area contributed by atoms with Crippen LogP contribution < -0.4 is 10.1 Å². The van der Waals surface area contributed by atoms with Gasteiger partial charge in [0.25, 0.3) is 0 Å². The van der Waals surface area contributed by atoms with Crippen LogP contribution in [0.1, 0.15) is 29.8 Å². The van der Waals surface area contributed by atoms with Crippen LogP contribution in [0.25, 0.3) is 0 Å².